The molecule has 32 heavy (non-hydrogen) atoms. The number of fused-ring (bicyclic) bond motifs is 1. The highest BCUT2D eigenvalue weighted by atomic mass is 16.5. The Balaban J connectivity index is 1.54. The first-order valence-electron chi connectivity index (χ1n) is 11.5. The molecule has 6 nitrogen and oxygen atoms in total. The highest BCUT2D eigenvalue weighted by molar-refractivity contribution is 5.94. The first-order chi connectivity index (χ1) is 15.5. The number of nitrogens with zero attached hydrogens (tertiary/aromatic N) is 2. The predicted molar refractivity (Wildman–Crippen MR) is 126 cm³/mol. The van der Waals surface area contributed by atoms with Gasteiger partial charge >= 0.3 is 0 Å². The second kappa shape index (κ2) is 9.74. The fourth-order valence-electron chi connectivity index (χ4n) is 4.77. The number of hydrogen-bond acceptors (Lipinski definition) is 4. The van der Waals surface area contributed by atoms with Crippen LogP contribution in [0.25, 0.3) is 0 Å². The molecule has 2 amide bonds. The van der Waals surface area contributed by atoms with Crippen LogP contribution < -0.4 is 10.1 Å². The maximum atomic E-state index is 13.7. The van der Waals surface area contributed by atoms with E-state index in [0.717, 1.165) is 43.5 Å². The van der Waals surface area contributed by atoms with Gasteiger partial charge in [0.15, 0.2) is 0 Å². The Morgan fingerprint density at radius 2 is 1.84 bits per heavy atom. The zero-order chi connectivity index (χ0) is 22.7. The van der Waals surface area contributed by atoms with Gasteiger partial charge in [-0.2, -0.15) is 0 Å². The molecule has 0 bridgehead atoms. The Hall–Kier alpha value is -2.86. The highest BCUT2D eigenvalue weighted by Gasteiger charge is 2.37. The zero-order valence-corrected chi connectivity index (χ0v) is 19.3. The largest absolute Gasteiger partial charge is 0.495 e. The number of carbonyl (C=O) groups is 2. The number of hydrogen-bond donors (Lipinski definition) is 1. The molecule has 0 saturated carbocycles. The lowest BCUT2D eigenvalue weighted by Crippen LogP contribution is -2.50. The molecule has 2 aliphatic heterocycles. The van der Waals surface area contributed by atoms with Gasteiger partial charge in [0.05, 0.1) is 19.3 Å². The van der Waals surface area contributed by atoms with Crippen molar-refractivity contribution in [2.75, 3.05) is 38.6 Å². The lowest BCUT2D eigenvalue weighted by atomic mass is 9.90. The molecule has 1 unspecified atom stereocenters. The van der Waals surface area contributed by atoms with Crippen LogP contribution in [0.2, 0.25) is 0 Å². The SMILES string of the molecule is COc1ccc(C)cc1NC(=O)CN1CCc2ccccc2C1C(=O)N1CCC(C)CC1. The summed E-state index contributed by atoms with van der Waals surface area (Å²) in [5.74, 6) is 1.26. The first-order valence-corrected chi connectivity index (χ1v) is 11.5. The van der Waals surface area contributed by atoms with Crippen LogP contribution >= 0.6 is 0 Å². The lowest BCUT2D eigenvalue weighted by molar-refractivity contribution is -0.139. The van der Waals surface area contributed by atoms with Crippen LogP contribution in [0, 0.1) is 12.8 Å². The number of amides is 2. The van der Waals surface area contributed by atoms with Gasteiger partial charge in [-0.05, 0) is 60.9 Å². The lowest BCUT2D eigenvalue weighted by Gasteiger charge is -2.40. The monoisotopic (exact) mass is 435 g/mol. The summed E-state index contributed by atoms with van der Waals surface area (Å²) in [7, 11) is 1.59. The molecular formula is C26H33N3O3. The second-order valence-corrected chi connectivity index (χ2v) is 9.08. The third-order valence-corrected chi connectivity index (χ3v) is 6.69. The van der Waals surface area contributed by atoms with E-state index in [4.69, 9.17) is 4.74 Å². The summed E-state index contributed by atoms with van der Waals surface area (Å²) in [5.41, 5.74) is 3.93. The Morgan fingerprint density at radius 1 is 1.09 bits per heavy atom. The van der Waals surface area contributed by atoms with Crippen molar-refractivity contribution in [3.63, 3.8) is 0 Å². The third-order valence-electron chi connectivity index (χ3n) is 6.69. The van der Waals surface area contributed by atoms with Crippen LogP contribution in [0.5, 0.6) is 5.75 Å². The third kappa shape index (κ3) is 4.80. The van der Waals surface area contributed by atoms with Crippen molar-refractivity contribution in [3.8, 4) is 5.75 Å². The van der Waals surface area contributed by atoms with Crippen molar-refractivity contribution in [3.05, 3.63) is 59.2 Å². The molecule has 0 radical (unpaired) electrons. The van der Waals surface area contributed by atoms with E-state index in [1.165, 1.54) is 5.56 Å². The van der Waals surface area contributed by atoms with Gasteiger partial charge in [0, 0.05) is 19.6 Å². The van der Waals surface area contributed by atoms with Crippen LogP contribution in [0.15, 0.2) is 42.5 Å². The minimum absolute atomic E-state index is 0.116. The van der Waals surface area contributed by atoms with E-state index < -0.39 is 6.04 Å². The molecule has 1 saturated heterocycles. The summed E-state index contributed by atoms with van der Waals surface area (Å²) in [6.07, 6.45) is 2.90. The van der Waals surface area contributed by atoms with Crippen molar-refractivity contribution >= 4 is 17.5 Å². The number of methoxy groups -OCH3 is 1. The molecule has 0 spiro atoms. The van der Waals surface area contributed by atoms with Crippen LogP contribution in [-0.2, 0) is 16.0 Å². The molecule has 0 aromatic heterocycles. The first kappa shape index (κ1) is 22.3. The van der Waals surface area contributed by atoms with Gasteiger partial charge in [-0.25, -0.2) is 0 Å². The molecular weight excluding hydrogens is 402 g/mol. The molecule has 2 heterocycles. The van der Waals surface area contributed by atoms with Crippen LogP contribution in [0.3, 0.4) is 0 Å². The normalized spacial score (nSPS) is 19.3. The van der Waals surface area contributed by atoms with Gasteiger partial charge in [0.1, 0.15) is 11.8 Å². The molecule has 2 aromatic rings. The van der Waals surface area contributed by atoms with E-state index >= 15 is 0 Å². The number of aryl methyl sites for hydroxylation is 1. The Labute approximate surface area is 190 Å². The van der Waals surface area contributed by atoms with Crippen LogP contribution in [0.1, 0.15) is 42.5 Å². The molecule has 2 aromatic carbocycles. The summed E-state index contributed by atoms with van der Waals surface area (Å²) in [6.45, 7) is 6.64. The summed E-state index contributed by atoms with van der Waals surface area (Å²) in [4.78, 5) is 30.7. The minimum Gasteiger partial charge on any atom is -0.495 e. The van der Waals surface area contributed by atoms with Crippen molar-refractivity contribution in [2.24, 2.45) is 5.92 Å². The van der Waals surface area contributed by atoms with E-state index in [1.807, 2.05) is 53.1 Å². The van der Waals surface area contributed by atoms with E-state index in [1.54, 1.807) is 7.11 Å². The standard InChI is InChI=1S/C26H33N3O3/c1-18-10-13-28(14-11-18)26(31)25-21-7-5-4-6-20(21)12-15-29(25)17-24(30)27-22-16-19(2)8-9-23(22)32-3/h4-9,16,18,25H,10-15,17H2,1-3H3,(H,27,30). The summed E-state index contributed by atoms with van der Waals surface area (Å²) < 4.78 is 5.40. The molecule has 6 heteroatoms. The Morgan fingerprint density at radius 3 is 2.59 bits per heavy atom. The molecule has 2 aliphatic rings. The van der Waals surface area contributed by atoms with Gasteiger partial charge in [0.2, 0.25) is 11.8 Å². The van der Waals surface area contributed by atoms with Crippen molar-refractivity contribution in [2.45, 2.75) is 39.2 Å². The summed E-state index contributed by atoms with van der Waals surface area (Å²) >= 11 is 0. The Kier molecular flexibility index (Phi) is 6.80. The smallest absolute Gasteiger partial charge is 0.244 e. The van der Waals surface area contributed by atoms with Gasteiger partial charge in [-0.15, -0.1) is 0 Å². The van der Waals surface area contributed by atoms with E-state index in [0.29, 0.717) is 23.9 Å². The van der Waals surface area contributed by atoms with Gasteiger partial charge < -0.3 is 15.0 Å². The molecule has 170 valence electrons. The summed E-state index contributed by atoms with van der Waals surface area (Å²) in [5, 5.41) is 2.99. The minimum atomic E-state index is -0.418. The molecule has 4 rings (SSSR count). The number of anilines is 1. The van der Waals surface area contributed by atoms with Crippen molar-refractivity contribution in [1.82, 2.24) is 9.80 Å². The van der Waals surface area contributed by atoms with E-state index in [-0.39, 0.29) is 18.4 Å². The fraction of sp³-hybridized carbons (Fsp3) is 0.462. The van der Waals surface area contributed by atoms with Crippen molar-refractivity contribution < 1.29 is 14.3 Å². The average Bonchev–Trinajstić information content (AvgIpc) is 2.79. The topological polar surface area (TPSA) is 61.9 Å². The zero-order valence-electron chi connectivity index (χ0n) is 19.3. The number of likely N-dealkylation sites (tertiary alicyclic amines) is 1. The number of ether oxygens (including phenoxy) is 1. The maximum absolute atomic E-state index is 13.7. The maximum Gasteiger partial charge on any atom is 0.244 e. The van der Waals surface area contributed by atoms with E-state index in [9.17, 15) is 9.59 Å². The van der Waals surface area contributed by atoms with E-state index in [2.05, 4.69) is 18.3 Å². The average molecular weight is 436 g/mol. The predicted octanol–water partition coefficient (Wildman–Crippen LogP) is 3.80. The fourth-order valence-corrected chi connectivity index (χ4v) is 4.77. The molecule has 0 aliphatic carbocycles. The van der Waals surface area contributed by atoms with Gasteiger partial charge in [0.25, 0.3) is 0 Å². The van der Waals surface area contributed by atoms with Gasteiger partial charge in [-0.1, -0.05) is 37.3 Å². The molecule has 1 atom stereocenters. The number of carbonyl (C=O) groups excluding carboxylic acids is 2. The second-order valence-electron chi connectivity index (χ2n) is 9.08. The number of benzene rings is 2. The van der Waals surface area contributed by atoms with Crippen molar-refractivity contribution in [1.29, 1.82) is 0 Å². The highest BCUT2D eigenvalue weighted by Crippen LogP contribution is 2.33. The molecule has 1 fully saturated rings. The Bertz CT molecular complexity index is 982. The number of nitrogens with one attached hydrogen (secondary N) is 1. The number of piperidine rings is 1. The quantitative estimate of drug-likeness (QED) is 0.776. The van der Waals surface area contributed by atoms with Gasteiger partial charge in [-0.3, -0.25) is 14.5 Å². The molecule has 1 N–H and O–H groups in total. The van der Waals surface area contributed by atoms with Crippen LogP contribution in [-0.4, -0.2) is 54.9 Å². The van der Waals surface area contributed by atoms with Crippen LogP contribution in [0.4, 0.5) is 5.69 Å². The number of rotatable bonds is 5. The summed E-state index contributed by atoms with van der Waals surface area (Å²) in [6, 6.07) is 13.4.